The summed E-state index contributed by atoms with van der Waals surface area (Å²) >= 11 is 0. The van der Waals surface area contributed by atoms with Gasteiger partial charge in [-0.15, -0.1) is 0 Å². The number of aliphatic hydroxyl groups is 2. The van der Waals surface area contributed by atoms with Gasteiger partial charge in [0.25, 0.3) is 5.97 Å². The van der Waals surface area contributed by atoms with Crippen LogP contribution < -0.4 is 0 Å². The van der Waals surface area contributed by atoms with Crippen LogP contribution in [-0.4, -0.2) is 50.2 Å². The standard InChI is InChI=1S/C19H40O5/c1-6-8-9-10-11-12-14-18(13-7-2,15-17(21)16-20)19(22-3,23-4)24-5/h17,20-21H,6-16H2,1-5H3. The summed E-state index contributed by atoms with van der Waals surface area (Å²) in [7, 11) is 4.72. The molecule has 0 radical (unpaired) electrons. The summed E-state index contributed by atoms with van der Waals surface area (Å²) in [6.07, 6.45) is 9.31. The molecule has 2 N–H and O–H groups in total. The molecule has 0 saturated heterocycles. The van der Waals surface area contributed by atoms with Gasteiger partial charge in [0.05, 0.1) is 18.1 Å². The van der Waals surface area contributed by atoms with Crippen molar-refractivity contribution in [3.8, 4) is 0 Å². The van der Waals surface area contributed by atoms with E-state index in [2.05, 4.69) is 13.8 Å². The summed E-state index contributed by atoms with van der Waals surface area (Å²) in [6.45, 7) is 4.05. The maximum atomic E-state index is 10.1. The Morgan fingerprint density at radius 2 is 1.33 bits per heavy atom. The normalized spacial score (nSPS) is 16.1. The minimum absolute atomic E-state index is 0.269. The SMILES string of the molecule is CCCCCCCCC(CCC)(CC(O)CO)C(OC)(OC)OC. The van der Waals surface area contributed by atoms with Crippen molar-refractivity contribution in [3.05, 3.63) is 0 Å². The van der Waals surface area contributed by atoms with E-state index in [-0.39, 0.29) is 6.61 Å². The molecule has 0 heterocycles. The van der Waals surface area contributed by atoms with E-state index in [4.69, 9.17) is 14.2 Å². The molecule has 0 amide bonds. The molecule has 5 nitrogen and oxygen atoms in total. The average molecular weight is 349 g/mol. The second-order valence-corrected chi connectivity index (χ2v) is 6.76. The third kappa shape index (κ3) is 6.60. The lowest BCUT2D eigenvalue weighted by molar-refractivity contribution is -0.413. The monoisotopic (exact) mass is 348 g/mol. The number of ether oxygens (including phenoxy) is 3. The van der Waals surface area contributed by atoms with Gasteiger partial charge in [-0.25, -0.2) is 0 Å². The smallest absolute Gasteiger partial charge is 0.288 e. The van der Waals surface area contributed by atoms with Gasteiger partial charge < -0.3 is 24.4 Å². The summed E-state index contributed by atoms with van der Waals surface area (Å²) in [6, 6.07) is 0. The predicted octanol–water partition coefficient (Wildman–Crippen LogP) is 3.86. The Morgan fingerprint density at radius 3 is 1.79 bits per heavy atom. The number of hydrogen-bond acceptors (Lipinski definition) is 5. The van der Waals surface area contributed by atoms with Gasteiger partial charge in [-0.05, 0) is 19.3 Å². The highest BCUT2D eigenvalue weighted by Gasteiger charge is 2.53. The summed E-state index contributed by atoms with van der Waals surface area (Å²) in [4.78, 5) is 0. The minimum atomic E-state index is -1.21. The van der Waals surface area contributed by atoms with Gasteiger partial charge in [0, 0.05) is 21.3 Å². The Hall–Kier alpha value is -0.200. The second kappa shape index (κ2) is 13.1. The summed E-state index contributed by atoms with van der Waals surface area (Å²) < 4.78 is 17.0. The van der Waals surface area contributed by atoms with Gasteiger partial charge in [-0.1, -0.05) is 58.8 Å². The third-order valence-corrected chi connectivity index (χ3v) is 5.03. The molecular formula is C19H40O5. The molecule has 0 aromatic heterocycles. The topological polar surface area (TPSA) is 68.2 Å². The Balaban J connectivity index is 5.20. The Kier molecular flexibility index (Phi) is 13.0. The molecule has 24 heavy (non-hydrogen) atoms. The van der Waals surface area contributed by atoms with E-state index in [0.717, 1.165) is 32.1 Å². The fraction of sp³-hybridized carbons (Fsp3) is 1.00. The van der Waals surface area contributed by atoms with Crippen LogP contribution in [0.5, 0.6) is 0 Å². The van der Waals surface area contributed by atoms with Gasteiger partial charge >= 0.3 is 0 Å². The zero-order valence-electron chi connectivity index (χ0n) is 16.5. The minimum Gasteiger partial charge on any atom is -0.394 e. The third-order valence-electron chi connectivity index (χ3n) is 5.03. The van der Waals surface area contributed by atoms with Crippen molar-refractivity contribution in [1.82, 2.24) is 0 Å². The highest BCUT2D eigenvalue weighted by Crippen LogP contribution is 2.48. The highest BCUT2D eigenvalue weighted by atomic mass is 16.9. The van der Waals surface area contributed by atoms with Crippen molar-refractivity contribution in [2.45, 2.75) is 90.1 Å². The maximum Gasteiger partial charge on any atom is 0.288 e. The summed E-state index contributed by atoms with van der Waals surface area (Å²) in [5.41, 5.74) is -0.493. The molecule has 0 aliphatic rings. The average Bonchev–Trinajstić information content (AvgIpc) is 2.60. The van der Waals surface area contributed by atoms with Crippen molar-refractivity contribution in [3.63, 3.8) is 0 Å². The van der Waals surface area contributed by atoms with E-state index < -0.39 is 17.5 Å². The Morgan fingerprint density at radius 1 is 0.792 bits per heavy atom. The van der Waals surface area contributed by atoms with Gasteiger partial charge in [0.2, 0.25) is 0 Å². The number of unbranched alkanes of at least 4 members (excludes halogenated alkanes) is 5. The first-order chi connectivity index (χ1) is 11.5. The van der Waals surface area contributed by atoms with Gasteiger partial charge in [0.15, 0.2) is 0 Å². The lowest BCUT2D eigenvalue weighted by Gasteiger charge is -2.48. The largest absolute Gasteiger partial charge is 0.394 e. The van der Waals surface area contributed by atoms with E-state index in [1.54, 1.807) is 21.3 Å². The Labute approximate surface area is 148 Å². The van der Waals surface area contributed by atoms with Crippen LogP contribution in [-0.2, 0) is 14.2 Å². The van der Waals surface area contributed by atoms with Crippen LogP contribution in [0.1, 0.15) is 78.1 Å². The molecule has 2 unspecified atom stereocenters. The molecule has 146 valence electrons. The second-order valence-electron chi connectivity index (χ2n) is 6.76. The first-order valence-electron chi connectivity index (χ1n) is 9.45. The number of hydrogen-bond donors (Lipinski definition) is 2. The fourth-order valence-corrected chi connectivity index (χ4v) is 3.90. The van der Waals surface area contributed by atoms with E-state index in [1.165, 1.54) is 25.7 Å². The fourth-order valence-electron chi connectivity index (χ4n) is 3.90. The lowest BCUT2D eigenvalue weighted by atomic mass is 9.71. The van der Waals surface area contributed by atoms with Crippen LogP contribution >= 0.6 is 0 Å². The van der Waals surface area contributed by atoms with Crippen LogP contribution in [0.25, 0.3) is 0 Å². The molecular weight excluding hydrogens is 308 g/mol. The summed E-state index contributed by atoms with van der Waals surface area (Å²) in [5.74, 6) is -1.21. The van der Waals surface area contributed by atoms with Crippen LogP contribution in [0.4, 0.5) is 0 Å². The van der Waals surface area contributed by atoms with E-state index >= 15 is 0 Å². The van der Waals surface area contributed by atoms with E-state index in [9.17, 15) is 10.2 Å². The molecule has 0 bridgehead atoms. The van der Waals surface area contributed by atoms with Crippen LogP contribution in [0, 0.1) is 5.41 Å². The van der Waals surface area contributed by atoms with Crippen molar-refractivity contribution >= 4 is 0 Å². The quantitative estimate of drug-likeness (QED) is 0.327. The van der Waals surface area contributed by atoms with Gasteiger partial charge in [-0.2, -0.15) is 0 Å². The number of rotatable bonds is 16. The molecule has 0 saturated carbocycles. The van der Waals surface area contributed by atoms with E-state index in [0.29, 0.717) is 6.42 Å². The molecule has 0 rings (SSSR count). The predicted molar refractivity (Wildman–Crippen MR) is 96.8 cm³/mol. The number of methoxy groups -OCH3 is 3. The van der Waals surface area contributed by atoms with Crippen molar-refractivity contribution < 1.29 is 24.4 Å². The van der Waals surface area contributed by atoms with E-state index in [1.807, 2.05) is 0 Å². The zero-order chi connectivity index (χ0) is 18.5. The van der Waals surface area contributed by atoms with Gasteiger partial charge in [0.1, 0.15) is 0 Å². The van der Waals surface area contributed by atoms with Crippen LogP contribution in [0.2, 0.25) is 0 Å². The molecule has 0 aliphatic heterocycles. The molecule has 0 aliphatic carbocycles. The first-order valence-corrected chi connectivity index (χ1v) is 9.45. The van der Waals surface area contributed by atoms with Crippen LogP contribution in [0.15, 0.2) is 0 Å². The molecule has 0 spiro atoms. The molecule has 0 aromatic carbocycles. The van der Waals surface area contributed by atoms with Crippen LogP contribution in [0.3, 0.4) is 0 Å². The lowest BCUT2D eigenvalue weighted by Crippen LogP contribution is -2.54. The van der Waals surface area contributed by atoms with Crippen molar-refractivity contribution in [2.75, 3.05) is 27.9 Å². The zero-order valence-corrected chi connectivity index (χ0v) is 16.5. The summed E-state index contributed by atoms with van der Waals surface area (Å²) in [5, 5.41) is 19.5. The first kappa shape index (κ1) is 23.8. The molecule has 5 heteroatoms. The van der Waals surface area contributed by atoms with Gasteiger partial charge in [-0.3, -0.25) is 0 Å². The van der Waals surface area contributed by atoms with Crippen molar-refractivity contribution in [2.24, 2.45) is 5.41 Å². The highest BCUT2D eigenvalue weighted by molar-refractivity contribution is 4.90. The molecule has 2 atom stereocenters. The molecule has 0 aromatic rings. The molecule has 0 fully saturated rings. The Bertz CT molecular complexity index is 285. The number of aliphatic hydroxyl groups excluding tert-OH is 2. The van der Waals surface area contributed by atoms with Crippen molar-refractivity contribution in [1.29, 1.82) is 0 Å². The maximum absolute atomic E-state index is 10.1.